The molecule has 0 aromatic heterocycles. The van der Waals surface area contributed by atoms with Crippen LogP contribution < -0.4 is 18.9 Å². The first kappa shape index (κ1) is 12.3. The van der Waals surface area contributed by atoms with Gasteiger partial charge in [-0.1, -0.05) is 71.8 Å². The minimum atomic E-state index is 0. The van der Waals surface area contributed by atoms with Crippen LogP contribution in [0, 0.1) is 0 Å². The Bertz CT molecular complexity index is 346. The molecule has 2 aromatic rings. The summed E-state index contributed by atoms with van der Waals surface area (Å²) in [7, 11) is 3.75. The number of rotatable bonds is 2. The zero-order valence-electron chi connectivity index (χ0n) is 8.85. The van der Waals surface area contributed by atoms with E-state index in [1.807, 2.05) is 12.1 Å². The molecule has 68 valence electrons. The van der Waals surface area contributed by atoms with Crippen LogP contribution in [0.2, 0.25) is 0 Å². The summed E-state index contributed by atoms with van der Waals surface area (Å²) in [5, 5.41) is 0. The minimum absolute atomic E-state index is 0. The van der Waals surface area contributed by atoms with Gasteiger partial charge < -0.3 is 10.2 Å². The van der Waals surface area contributed by atoms with Gasteiger partial charge in [-0.05, 0) is 0 Å². The Morgan fingerprint density at radius 3 is 1.33 bits per heavy atom. The molecule has 0 spiro atoms. The minimum Gasteiger partial charge on any atom is -0.656 e. The van der Waals surface area contributed by atoms with E-state index < -0.39 is 0 Å². The Morgan fingerprint density at radius 2 is 1.00 bits per heavy atom. The van der Waals surface area contributed by atoms with Crippen LogP contribution in [-0.4, -0.2) is 10.2 Å². The van der Waals surface area contributed by atoms with Crippen LogP contribution in [0.3, 0.4) is 0 Å². The van der Waals surface area contributed by atoms with Crippen LogP contribution in [0.4, 0.5) is 0 Å². The molecule has 0 amide bonds. The first-order valence-corrected chi connectivity index (χ1v) is 5.26. The third-order valence-corrected chi connectivity index (χ3v) is 2.93. The fourth-order valence-corrected chi connectivity index (χ4v) is 1.87. The summed E-state index contributed by atoms with van der Waals surface area (Å²) < 4.78 is 0. The molecule has 0 heterocycles. The number of benzene rings is 2. The molecular formula is C13H11LiSi. The van der Waals surface area contributed by atoms with Crippen LogP contribution >= 0.6 is 0 Å². The number of hydrogen-bond donors (Lipinski definition) is 0. The summed E-state index contributed by atoms with van der Waals surface area (Å²) >= 11 is 0. The molecule has 0 aliphatic carbocycles. The monoisotopic (exact) mass is 202 g/mol. The summed E-state index contributed by atoms with van der Waals surface area (Å²) in [6.07, 6.45) is 0. The maximum Gasteiger partial charge on any atom is 1.00 e. The fourth-order valence-electron chi connectivity index (χ4n) is 1.48. The van der Waals surface area contributed by atoms with E-state index in [9.17, 15) is 0 Å². The van der Waals surface area contributed by atoms with Crippen molar-refractivity contribution in [3.63, 3.8) is 0 Å². The first-order chi connectivity index (χ1) is 6.88. The fraction of sp³-hybridized carbons (Fsp3) is 0.0769. The molecular weight excluding hydrogens is 191 g/mol. The van der Waals surface area contributed by atoms with Crippen LogP contribution in [-0.2, 0) is 0 Å². The predicted molar refractivity (Wildman–Crippen MR) is 60.5 cm³/mol. The van der Waals surface area contributed by atoms with Gasteiger partial charge in [0.2, 0.25) is 0 Å². The second-order valence-corrected chi connectivity index (χ2v) is 3.83. The van der Waals surface area contributed by atoms with Gasteiger partial charge in [-0.3, -0.25) is 0 Å². The van der Waals surface area contributed by atoms with E-state index in [4.69, 9.17) is 0 Å². The van der Waals surface area contributed by atoms with Crippen LogP contribution in [0.1, 0.15) is 16.7 Å². The maximum absolute atomic E-state index is 3.75. The van der Waals surface area contributed by atoms with E-state index in [1.165, 1.54) is 11.1 Å². The molecule has 0 nitrogen and oxygen atoms in total. The zero-order valence-corrected chi connectivity index (χ0v) is 9.85. The van der Waals surface area contributed by atoms with Crippen molar-refractivity contribution in [1.29, 1.82) is 0 Å². The SMILES string of the molecule is [Li+].[Si-]C(c1ccccc1)c1ccccc1. The molecule has 0 saturated heterocycles. The summed E-state index contributed by atoms with van der Waals surface area (Å²) in [5.41, 5.74) is 2.86. The molecule has 0 saturated carbocycles. The Kier molecular flexibility index (Phi) is 4.91. The second-order valence-electron chi connectivity index (χ2n) is 3.25. The Balaban J connectivity index is 0.00000112. The average molecular weight is 202 g/mol. The van der Waals surface area contributed by atoms with Gasteiger partial charge in [-0.25, -0.2) is 0 Å². The molecule has 2 aromatic carbocycles. The van der Waals surface area contributed by atoms with Gasteiger partial charge >= 0.3 is 18.9 Å². The van der Waals surface area contributed by atoms with Gasteiger partial charge in [0.15, 0.2) is 0 Å². The Hall–Kier alpha value is -0.746. The Morgan fingerprint density at radius 1 is 0.667 bits per heavy atom. The van der Waals surface area contributed by atoms with Gasteiger partial charge in [0.05, 0.1) is 0 Å². The smallest absolute Gasteiger partial charge is 0.656 e. The third kappa shape index (κ3) is 3.10. The topological polar surface area (TPSA) is 0 Å². The predicted octanol–water partition coefficient (Wildman–Crippen LogP) is -0.0515. The molecule has 0 bridgehead atoms. The molecule has 2 rings (SSSR count). The normalized spacial score (nSPS) is 9.73. The summed E-state index contributed by atoms with van der Waals surface area (Å²) in [6.45, 7) is 0. The average Bonchev–Trinajstić information content (AvgIpc) is 2.30. The molecule has 0 aliphatic heterocycles. The van der Waals surface area contributed by atoms with Crippen molar-refractivity contribution in [2.75, 3.05) is 0 Å². The van der Waals surface area contributed by atoms with Crippen molar-refractivity contribution in [2.45, 2.75) is 5.54 Å². The van der Waals surface area contributed by atoms with Crippen molar-refractivity contribution in [1.82, 2.24) is 0 Å². The molecule has 0 fully saturated rings. The van der Waals surface area contributed by atoms with Crippen molar-refractivity contribution in [3.05, 3.63) is 71.8 Å². The van der Waals surface area contributed by atoms with Gasteiger partial charge in [-0.15, -0.1) is 0 Å². The van der Waals surface area contributed by atoms with Crippen molar-refractivity contribution in [3.8, 4) is 0 Å². The summed E-state index contributed by atoms with van der Waals surface area (Å²) in [6, 6.07) is 20.8. The van der Waals surface area contributed by atoms with E-state index >= 15 is 0 Å². The van der Waals surface area contributed by atoms with E-state index in [2.05, 4.69) is 58.8 Å². The quantitative estimate of drug-likeness (QED) is 0.599. The van der Waals surface area contributed by atoms with Gasteiger partial charge in [0.25, 0.3) is 0 Å². The van der Waals surface area contributed by atoms with Crippen molar-refractivity contribution < 1.29 is 18.9 Å². The van der Waals surface area contributed by atoms with E-state index in [0.717, 1.165) is 0 Å². The largest absolute Gasteiger partial charge is 1.00 e. The zero-order chi connectivity index (χ0) is 9.80. The maximum atomic E-state index is 3.75. The molecule has 0 unspecified atom stereocenters. The molecule has 2 heteroatoms. The molecule has 0 atom stereocenters. The second kappa shape index (κ2) is 5.97. The molecule has 0 N–H and O–H groups in total. The van der Waals surface area contributed by atoms with E-state index in [1.54, 1.807) is 0 Å². The Labute approximate surface area is 106 Å². The van der Waals surface area contributed by atoms with Crippen LogP contribution in [0.15, 0.2) is 60.7 Å². The van der Waals surface area contributed by atoms with Gasteiger partial charge in [-0.2, -0.15) is 5.54 Å². The summed E-state index contributed by atoms with van der Waals surface area (Å²) in [4.78, 5) is 0. The van der Waals surface area contributed by atoms with E-state index in [-0.39, 0.29) is 24.4 Å². The first-order valence-electron chi connectivity index (χ1n) is 4.69. The van der Waals surface area contributed by atoms with Crippen molar-refractivity contribution in [2.24, 2.45) is 0 Å². The number of hydrogen-bond acceptors (Lipinski definition) is 0. The van der Waals surface area contributed by atoms with Crippen molar-refractivity contribution >= 4 is 10.2 Å². The van der Waals surface area contributed by atoms with Gasteiger partial charge in [0.1, 0.15) is 0 Å². The summed E-state index contributed by atoms with van der Waals surface area (Å²) in [5.74, 6) is 0. The molecule has 0 aliphatic rings. The third-order valence-electron chi connectivity index (χ3n) is 2.27. The standard InChI is InChI=1S/C13H11Si.Li/c14-13(11-7-3-1-4-8-11)12-9-5-2-6-10-12;/h1-10,13H;/q-1;+1. The molecule has 2 radical (unpaired) electrons. The molecule has 15 heavy (non-hydrogen) atoms. The van der Waals surface area contributed by atoms with Crippen LogP contribution in [0.25, 0.3) is 0 Å². The van der Waals surface area contributed by atoms with Crippen LogP contribution in [0.5, 0.6) is 0 Å². The van der Waals surface area contributed by atoms with E-state index in [0.29, 0.717) is 0 Å². The van der Waals surface area contributed by atoms with Gasteiger partial charge in [0, 0.05) is 0 Å².